The highest BCUT2D eigenvalue weighted by atomic mass is 35.5. The van der Waals surface area contributed by atoms with Gasteiger partial charge >= 0.3 is 0 Å². The number of aryl methyl sites for hydroxylation is 2. The Morgan fingerprint density at radius 2 is 1.83 bits per heavy atom. The zero-order valence-electron chi connectivity index (χ0n) is 13.6. The fourth-order valence-corrected chi connectivity index (χ4v) is 3.32. The number of nitrogens with one attached hydrogen (secondary N) is 1. The number of aromatic nitrogens is 2. The van der Waals surface area contributed by atoms with Crippen molar-refractivity contribution in [1.82, 2.24) is 9.61 Å². The highest BCUT2D eigenvalue weighted by Gasteiger charge is 2.16. The minimum absolute atomic E-state index is 0.346. The summed E-state index contributed by atoms with van der Waals surface area (Å²) in [5, 5.41) is 9.43. The number of nitrogens with zero attached hydrogens (tertiary/aromatic N) is 2. The molecule has 3 nitrogen and oxygen atoms in total. The molecule has 0 radical (unpaired) electrons. The number of anilines is 1. The monoisotopic (exact) mass is 347 g/mol. The van der Waals surface area contributed by atoms with E-state index in [1.54, 1.807) is 6.07 Å². The SMILES string of the molecule is Cc1cc(NC(C)C)c2cc(C)c(-c3ccc(Cl)cc3Cl)n2n1. The summed E-state index contributed by atoms with van der Waals surface area (Å²) < 4.78 is 1.96. The molecule has 0 aliphatic carbocycles. The van der Waals surface area contributed by atoms with Gasteiger partial charge in [-0.15, -0.1) is 0 Å². The maximum atomic E-state index is 6.42. The van der Waals surface area contributed by atoms with Gasteiger partial charge < -0.3 is 5.32 Å². The summed E-state index contributed by atoms with van der Waals surface area (Å²) in [7, 11) is 0. The molecule has 1 aromatic carbocycles. The van der Waals surface area contributed by atoms with Crippen molar-refractivity contribution >= 4 is 34.4 Å². The molecule has 23 heavy (non-hydrogen) atoms. The fraction of sp³-hybridized carbons (Fsp3) is 0.278. The molecule has 3 aromatic rings. The standard InChI is InChI=1S/C18H19Cl2N3/c1-10(2)21-16-8-12(4)22-23-17(16)7-11(3)18(23)14-6-5-13(19)9-15(14)20/h5-10,21H,1-4H3. The third kappa shape index (κ3) is 3.04. The van der Waals surface area contributed by atoms with Gasteiger partial charge in [-0.05, 0) is 63.6 Å². The zero-order chi connectivity index (χ0) is 16.7. The van der Waals surface area contributed by atoms with Crippen molar-refractivity contribution in [2.75, 3.05) is 5.32 Å². The van der Waals surface area contributed by atoms with E-state index >= 15 is 0 Å². The predicted molar refractivity (Wildman–Crippen MR) is 98.9 cm³/mol. The normalized spacial score (nSPS) is 11.4. The lowest BCUT2D eigenvalue weighted by Crippen LogP contribution is -2.11. The van der Waals surface area contributed by atoms with E-state index in [9.17, 15) is 0 Å². The van der Waals surface area contributed by atoms with Gasteiger partial charge in [0, 0.05) is 16.6 Å². The molecule has 2 heterocycles. The first-order valence-corrected chi connectivity index (χ1v) is 8.34. The van der Waals surface area contributed by atoms with Crippen LogP contribution in [0.5, 0.6) is 0 Å². The Kier molecular flexibility index (Phi) is 4.26. The first-order valence-electron chi connectivity index (χ1n) is 7.58. The lowest BCUT2D eigenvalue weighted by atomic mass is 10.1. The highest BCUT2D eigenvalue weighted by molar-refractivity contribution is 6.36. The summed E-state index contributed by atoms with van der Waals surface area (Å²) in [4.78, 5) is 0. The Balaban J connectivity index is 2.29. The van der Waals surface area contributed by atoms with Crippen LogP contribution in [0.15, 0.2) is 30.3 Å². The topological polar surface area (TPSA) is 29.3 Å². The van der Waals surface area contributed by atoms with Crippen molar-refractivity contribution in [2.24, 2.45) is 0 Å². The van der Waals surface area contributed by atoms with Crippen molar-refractivity contribution in [2.45, 2.75) is 33.7 Å². The number of benzene rings is 1. The van der Waals surface area contributed by atoms with Crippen molar-refractivity contribution in [3.05, 3.63) is 51.6 Å². The van der Waals surface area contributed by atoms with Gasteiger partial charge in [-0.1, -0.05) is 23.2 Å². The third-order valence-corrected chi connectivity index (χ3v) is 4.23. The van der Waals surface area contributed by atoms with Crippen LogP contribution in [0, 0.1) is 13.8 Å². The molecule has 0 spiro atoms. The van der Waals surface area contributed by atoms with Gasteiger partial charge in [0.1, 0.15) is 0 Å². The van der Waals surface area contributed by atoms with E-state index < -0.39 is 0 Å². The average Bonchev–Trinajstić information content (AvgIpc) is 2.75. The molecule has 120 valence electrons. The summed E-state index contributed by atoms with van der Waals surface area (Å²) in [6.07, 6.45) is 0. The number of rotatable bonds is 3. The van der Waals surface area contributed by atoms with Crippen LogP contribution in [0.1, 0.15) is 25.1 Å². The molecule has 0 amide bonds. The lowest BCUT2D eigenvalue weighted by molar-refractivity contribution is 0.878. The first-order chi connectivity index (χ1) is 10.9. The molecule has 0 aliphatic heterocycles. The van der Waals surface area contributed by atoms with Crippen LogP contribution >= 0.6 is 23.2 Å². The summed E-state index contributed by atoms with van der Waals surface area (Å²) >= 11 is 12.4. The molecule has 0 saturated heterocycles. The number of hydrogen-bond donors (Lipinski definition) is 1. The number of halogens is 2. The predicted octanol–water partition coefficient (Wildman–Crippen LogP) is 5.75. The molecule has 5 heteroatoms. The fourth-order valence-electron chi connectivity index (χ4n) is 2.82. The van der Waals surface area contributed by atoms with Gasteiger partial charge in [0.15, 0.2) is 0 Å². The zero-order valence-corrected chi connectivity index (χ0v) is 15.1. The van der Waals surface area contributed by atoms with E-state index in [0.717, 1.165) is 33.7 Å². The van der Waals surface area contributed by atoms with Crippen LogP contribution in [-0.2, 0) is 0 Å². The maximum Gasteiger partial charge on any atom is 0.0888 e. The number of hydrogen-bond acceptors (Lipinski definition) is 2. The van der Waals surface area contributed by atoms with Gasteiger partial charge in [-0.2, -0.15) is 5.10 Å². The second-order valence-corrected chi connectivity index (χ2v) is 6.94. The second-order valence-electron chi connectivity index (χ2n) is 6.10. The van der Waals surface area contributed by atoms with Gasteiger partial charge in [-0.3, -0.25) is 0 Å². The smallest absolute Gasteiger partial charge is 0.0888 e. The summed E-state index contributed by atoms with van der Waals surface area (Å²) in [5.41, 5.74) is 6.12. The van der Waals surface area contributed by atoms with Gasteiger partial charge in [-0.25, -0.2) is 4.52 Å². The van der Waals surface area contributed by atoms with E-state index in [0.29, 0.717) is 16.1 Å². The van der Waals surface area contributed by atoms with Crippen LogP contribution in [0.2, 0.25) is 10.0 Å². The molecule has 0 fully saturated rings. The van der Waals surface area contributed by atoms with Crippen LogP contribution in [-0.4, -0.2) is 15.7 Å². The first kappa shape index (κ1) is 16.2. The average molecular weight is 348 g/mol. The van der Waals surface area contributed by atoms with E-state index in [1.165, 1.54) is 0 Å². The molecule has 2 aromatic heterocycles. The Bertz CT molecular complexity index is 882. The second kappa shape index (κ2) is 6.06. The Labute approximate surface area is 146 Å². The molecular weight excluding hydrogens is 329 g/mol. The van der Waals surface area contributed by atoms with Crippen LogP contribution in [0.25, 0.3) is 16.8 Å². The molecule has 0 bridgehead atoms. The molecular formula is C18H19Cl2N3. The molecule has 0 aliphatic rings. The maximum absolute atomic E-state index is 6.42. The van der Waals surface area contributed by atoms with E-state index in [1.807, 2.05) is 23.6 Å². The Morgan fingerprint density at radius 3 is 2.48 bits per heavy atom. The summed E-state index contributed by atoms with van der Waals surface area (Å²) in [5.74, 6) is 0. The van der Waals surface area contributed by atoms with Crippen molar-refractivity contribution < 1.29 is 0 Å². The number of fused-ring (bicyclic) bond motifs is 1. The van der Waals surface area contributed by atoms with E-state index in [2.05, 4.69) is 43.3 Å². The minimum atomic E-state index is 0.346. The quantitative estimate of drug-likeness (QED) is 0.653. The molecule has 1 N–H and O–H groups in total. The summed E-state index contributed by atoms with van der Waals surface area (Å²) in [6, 6.07) is 10.1. The Hall–Kier alpha value is -1.71. The van der Waals surface area contributed by atoms with Crippen molar-refractivity contribution in [1.29, 1.82) is 0 Å². The largest absolute Gasteiger partial charge is 0.381 e. The molecule has 0 atom stereocenters. The molecule has 3 rings (SSSR count). The van der Waals surface area contributed by atoms with Crippen LogP contribution in [0.3, 0.4) is 0 Å². The van der Waals surface area contributed by atoms with Crippen LogP contribution < -0.4 is 5.32 Å². The van der Waals surface area contributed by atoms with E-state index in [4.69, 9.17) is 23.2 Å². The molecule has 0 unspecified atom stereocenters. The van der Waals surface area contributed by atoms with Gasteiger partial charge in [0.25, 0.3) is 0 Å². The van der Waals surface area contributed by atoms with Crippen molar-refractivity contribution in [3.8, 4) is 11.3 Å². The minimum Gasteiger partial charge on any atom is -0.381 e. The van der Waals surface area contributed by atoms with Crippen LogP contribution in [0.4, 0.5) is 5.69 Å². The lowest BCUT2D eigenvalue weighted by Gasteiger charge is -2.13. The third-order valence-electron chi connectivity index (χ3n) is 3.68. The van der Waals surface area contributed by atoms with E-state index in [-0.39, 0.29) is 0 Å². The highest BCUT2D eigenvalue weighted by Crippen LogP contribution is 2.35. The van der Waals surface area contributed by atoms with Gasteiger partial charge in [0.05, 0.1) is 27.6 Å². The van der Waals surface area contributed by atoms with Gasteiger partial charge in [0.2, 0.25) is 0 Å². The molecule has 0 saturated carbocycles. The van der Waals surface area contributed by atoms with Crippen molar-refractivity contribution in [3.63, 3.8) is 0 Å². The summed E-state index contributed by atoms with van der Waals surface area (Å²) in [6.45, 7) is 8.31. The Morgan fingerprint density at radius 1 is 1.09 bits per heavy atom.